The van der Waals surface area contributed by atoms with E-state index in [9.17, 15) is 18.0 Å². The molecule has 3 rings (SSSR count). The van der Waals surface area contributed by atoms with Crippen molar-refractivity contribution < 1.29 is 27.4 Å². The summed E-state index contributed by atoms with van der Waals surface area (Å²) < 4.78 is 46.6. The molecule has 2 aromatic rings. The zero-order valence-corrected chi connectivity index (χ0v) is 16.2. The Morgan fingerprint density at radius 1 is 0.966 bits per heavy atom. The third-order valence-electron chi connectivity index (χ3n) is 4.47. The van der Waals surface area contributed by atoms with Gasteiger partial charge in [-0.3, -0.25) is 9.69 Å². The van der Waals surface area contributed by atoms with Crippen molar-refractivity contribution in [3.8, 4) is 11.5 Å². The number of carbonyl (C=O) groups is 1. The third kappa shape index (κ3) is 6.54. The van der Waals surface area contributed by atoms with Gasteiger partial charge in [-0.25, -0.2) is 0 Å². The molecule has 1 aliphatic rings. The monoisotopic (exact) mass is 428 g/mol. The number of hydrogen-bond donors (Lipinski definition) is 0. The van der Waals surface area contributed by atoms with Crippen LogP contribution >= 0.6 is 11.6 Å². The highest BCUT2D eigenvalue weighted by molar-refractivity contribution is 6.30. The number of carbonyl (C=O) groups excluding carboxylic acids is 1. The molecule has 0 radical (unpaired) electrons. The number of ether oxygens (including phenoxy) is 2. The number of alkyl halides is 3. The molecule has 0 aromatic heterocycles. The summed E-state index contributed by atoms with van der Waals surface area (Å²) in [5.41, 5.74) is 1.14. The van der Waals surface area contributed by atoms with E-state index in [1.54, 1.807) is 4.90 Å². The van der Waals surface area contributed by atoms with E-state index < -0.39 is 12.1 Å². The highest BCUT2D eigenvalue weighted by Gasteiger charge is 2.32. The van der Waals surface area contributed by atoms with Crippen LogP contribution < -0.4 is 9.47 Å². The van der Waals surface area contributed by atoms with Gasteiger partial charge in [0, 0.05) is 37.7 Å². The Hall–Kier alpha value is -2.45. The molecule has 1 fully saturated rings. The van der Waals surface area contributed by atoms with Crippen molar-refractivity contribution in [1.82, 2.24) is 9.80 Å². The first-order chi connectivity index (χ1) is 13.8. The minimum absolute atomic E-state index is 0.125. The number of piperazine rings is 1. The minimum atomic E-state index is -4.83. The normalized spacial score (nSPS) is 15.2. The molecule has 0 saturated carbocycles. The van der Waals surface area contributed by atoms with Gasteiger partial charge in [-0.1, -0.05) is 35.9 Å². The molecule has 0 N–H and O–H groups in total. The van der Waals surface area contributed by atoms with Gasteiger partial charge in [-0.15, -0.1) is 13.2 Å². The zero-order valence-electron chi connectivity index (χ0n) is 15.5. The summed E-state index contributed by atoms with van der Waals surface area (Å²) >= 11 is 5.89. The molecule has 29 heavy (non-hydrogen) atoms. The van der Waals surface area contributed by atoms with Gasteiger partial charge in [0.05, 0.1) is 0 Å². The second kappa shape index (κ2) is 9.37. The number of hydrogen-bond acceptors (Lipinski definition) is 4. The Balaban J connectivity index is 1.47. The van der Waals surface area contributed by atoms with Crippen LogP contribution in [-0.4, -0.2) is 54.9 Å². The summed E-state index contributed by atoms with van der Waals surface area (Å²) in [6.07, 6.45) is -4.83. The summed E-state index contributed by atoms with van der Waals surface area (Å²) in [4.78, 5) is 16.2. The third-order valence-corrected chi connectivity index (χ3v) is 4.72. The highest BCUT2D eigenvalue weighted by atomic mass is 35.5. The summed E-state index contributed by atoms with van der Waals surface area (Å²) in [6.45, 7) is 2.85. The lowest BCUT2D eigenvalue weighted by atomic mass is 10.2. The molecule has 156 valence electrons. The van der Waals surface area contributed by atoms with Crippen LogP contribution in [0.3, 0.4) is 0 Å². The van der Waals surface area contributed by atoms with E-state index in [4.69, 9.17) is 16.3 Å². The van der Waals surface area contributed by atoms with Crippen molar-refractivity contribution >= 4 is 17.5 Å². The lowest BCUT2D eigenvalue weighted by Crippen LogP contribution is -2.49. The minimum Gasteiger partial charge on any atom is -0.480 e. The molecule has 0 bridgehead atoms. The van der Waals surface area contributed by atoms with Crippen LogP contribution in [0.25, 0.3) is 0 Å². The van der Waals surface area contributed by atoms with Crippen molar-refractivity contribution in [3.63, 3.8) is 0 Å². The molecule has 0 spiro atoms. The van der Waals surface area contributed by atoms with E-state index >= 15 is 0 Å². The maximum Gasteiger partial charge on any atom is 0.573 e. The summed E-state index contributed by atoms with van der Waals surface area (Å²) in [7, 11) is 0. The fourth-order valence-electron chi connectivity index (χ4n) is 3.01. The van der Waals surface area contributed by atoms with Crippen LogP contribution in [0.5, 0.6) is 11.5 Å². The Kier molecular flexibility index (Phi) is 6.87. The largest absolute Gasteiger partial charge is 0.573 e. The molecule has 9 heteroatoms. The Labute approximate surface area is 171 Å². The van der Waals surface area contributed by atoms with Crippen LogP contribution in [0.15, 0.2) is 48.5 Å². The molecule has 5 nitrogen and oxygen atoms in total. The first kappa shape index (κ1) is 21.3. The predicted molar refractivity (Wildman–Crippen MR) is 102 cm³/mol. The van der Waals surface area contributed by atoms with Crippen LogP contribution in [-0.2, 0) is 11.3 Å². The van der Waals surface area contributed by atoms with E-state index in [2.05, 4.69) is 9.64 Å². The first-order valence-corrected chi connectivity index (χ1v) is 9.40. The van der Waals surface area contributed by atoms with E-state index in [0.29, 0.717) is 31.2 Å². The van der Waals surface area contributed by atoms with Gasteiger partial charge < -0.3 is 14.4 Å². The van der Waals surface area contributed by atoms with Crippen molar-refractivity contribution in [2.75, 3.05) is 32.8 Å². The standard InChI is InChI=1S/C20H20ClF3N2O3/c21-16-7-5-15(6-8-16)13-25-9-11-26(12-10-25)19(27)14-28-17-3-1-2-4-18(17)29-20(22,23)24/h1-8H,9-14H2. The number of rotatable bonds is 6. The molecular formula is C20H20ClF3N2O3. The molecule has 0 atom stereocenters. The van der Waals surface area contributed by atoms with Crippen LogP contribution in [0.1, 0.15) is 5.56 Å². The lowest BCUT2D eigenvalue weighted by Gasteiger charge is -2.34. The second-order valence-electron chi connectivity index (χ2n) is 6.57. The fraction of sp³-hybridized carbons (Fsp3) is 0.350. The van der Waals surface area contributed by atoms with Gasteiger partial charge in [0.1, 0.15) is 0 Å². The van der Waals surface area contributed by atoms with E-state index in [-0.39, 0.29) is 18.3 Å². The fourth-order valence-corrected chi connectivity index (χ4v) is 3.14. The quantitative estimate of drug-likeness (QED) is 0.698. The van der Waals surface area contributed by atoms with Gasteiger partial charge in [-0.05, 0) is 29.8 Å². The van der Waals surface area contributed by atoms with E-state index in [1.807, 2.05) is 24.3 Å². The van der Waals surface area contributed by atoms with Crippen molar-refractivity contribution in [3.05, 3.63) is 59.1 Å². The SMILES string of the molecule is O=C(COc1ccccc1OC(F)(F)F)N1CCN(Cc2ccc(Cl)cc2)CC1. The Morgan fingerprint density at radius 3 is 2.21 bits per heavy atom. The average molecular weight is 429 g/mol. The maximum absolute atomic E-state index is 12.5. The summed E-state index contributed by atoms with van der Waals surface area (Å²) in [6, 6.07) is 13.0. The molecule has 0 unspecified atom stereocenters. The topological polar surface area (TPSA) is 42.0 Å². The lowest BCUT2D eigenvalue weighted by molar-refractivity contribution is -0.275. The smallest absolute Gasteiger partial charge is 0.480 e. The van der Waals surface area contributed by atoms with Gasteiger partial charge in [0.2, 0.25) is 0 Å². The molecule has 1 amide bonds. The molecule has 1 heterocycles. The molecule has 2 aromatic carbocycles. The van der Waals surface area contributed by atoms with Crippen LogP contribution in [0, 0.1) is 0 Å². The second-order valence-corrected chi connectivity index (χ2v) is 7.00. The van der Waals surface area contributed by atoms with Gasteiger partial charge in [-0.2, -0.15) is 0 Å². The average Bonchev–Trinajstić information content (AvgIpc) is 2.68. The van der Waals surface area contributed by atoms with Crippen molar-refractivity contribution in [2.24, 2.45) is 0 Å². The van der Waals surface area contributed by atoms with E-state index in [1.165, 1.54) is 18.2 Å². The number of amides is 1. The number of nitrogens with zero attached hydrogens (tertiary/aromatic N) is 2. The van der Waals surface area contributed by atoms with Crippen molar-refractivity contribution in [2.45, 2.75) is 12.9 Å². The van der Waals surface area contributed by atoms with Crippen LogP contribution in [0.2, 0.25) is 5.02 Å². The van der Waals surface area contributed by atoms with E-state index in [0.717, 1.165) is 18.2 Å². The molecular weight excluding hydrogens is 409 g/mol. The Bertz CT molecular complexity index is 822. The first-order valence-electron chi connectivity index (χ1n) is 9.02. The van der Waals surface area contributed by atoms with Crippen molar-refractivity contribution in [1.29, 1.82) is 0 Å². The number of halogens is 4. The summed E-state index contributed by atoms with van der Waals surface area (Å²) in [5, 5.41) is 0.686. The predicted octanol–water partition coefficient (Wildman–Crippen LogP) is 3.96. The molecule has 0 aliphatic carbocycles. The Morgan fingerprint density at radius 2 is 1.59 bits per heavy atom. The molecule has 1 aliphatic heterocycles. The van der Waals surface area contributed by atoms with Crippen LogP contribution in [0.4, 0.5) is 13.2 Å². The zero-order chi connectivity index (χ0) is 20.9. The number of para-hydroxylation sites is 2. The molecule has 1 saturated heterocycles. The summed E-state index contributed by atoms with van der Waals surface area (Å²) in [5.74, 6) is -0.877. The van der Waals surface area contributed by atoms with Gasteiger partial charge >= 0.3 is 6.36 Å². The highest BCUT2D eigenvalue weighted by Crippen LogP contribution is 2.31. The maximum atomic E-state index is 12.5. The van der Waals surface area contributed by atoms with Gasteiger partial charge in [0.15, 0.2) is 18.1 Å². The van der Waals surface area contributed by atoms with Gasteiger partial charge in [0.25, 0.3) is 5.91 Å². The number of benzene rings is 2.